The Hall–Kier alpha value is -1.17. The first kappa shape index (κ1) is 9.39. The molecular weight excluding hydrogens is 202 g/mol. The molecule has 0 aliphatic carbocycles. The minimum atomic E-state index is -2.85. The van der Waals surface area contributed by atoms with Crippen molar-refractivity contribution in [3.63, 3.8) is 0 Å². The van der Waals surface area contributed by atoms with Crippen LogP contribution in [0.4, 0.5) is 5.82 Å². The summed E-state index contributed by atoms with van der Waals surface area (Å²) >= 11 is 0. The third kappa shape index (κ3) is 1.84. The van der Waals surface area contributed by atoms with Crippen molar-refractivity contribution in [2.45, 2.75) is 12.3 Å². The highest BCUT2D eigenvalue weighted by molar-refractivity contribution is 7.91. The van der Waals surface area contributed by atoms with Crippen molar-refractivity contribution >= 4 is 15.7 Å². The lowest BCUT2D eigenvalue weighted by Gasteiger charge is -2.04. The van der Waals surface area contributed by atoms with Gasteiger partial charge in [0.2, 0.25) is 0 Å². The summed E-state index contributed by atoms with van der Waals surface area (Å²) in [4.78, 5) is 0. The lowest BCUT2D eigenvalue weighted by molar-refractivity contribution is 0.601. The van der Waals surface area contributed by atoms with E-state index in [1.807, 2.05) is 0 Å². The minimum Gasteiger partial charge on any atom is -0.382 e. The van der Waals surface area contributed by atoms with Gasteiger partial charge in [-0.15, -0.1) is 5.10 Å². The molecule has 1 atom stereocenters. The van der Waals surface area contributed by atoms with E-state index in [-0.39, 0.29) is 17.4 Å². The third-order valence-corrected chi connectivity index (χ3v) is 4.12. The molecule has 2 heterocycles. The van der Waals surface area contributed by atoms with E-state index in [0.717, 1.165) is 5.69 Å². The maximum absolute atomic E-state index is 11.2. The standard InChI is InChI=1S/C8H11N3O2S/c9-8-2-1-7(10-11-8)6-3-4-14(12,13)5-6/h1-2,6H,3-5H2,(H2,9,11). The maximum Gasteiger partial charge on any atom is 0.151 e. The van der Waals surface area contributed by atoms with Gasteiger partial charge in [0, 0.05) is 5.92 Å². The zero-order valence-corrected chi connectivity index (χ0v) is 8.37. The summed E-state index contributed by atoms with van der Waals surface area (Å²) < 4.78 is 22.4. The van der Waals surface area contributed by atoms with Crippen molar-refractivity contribution in [2.24, 2.45) is 0 Å². The molecule has 1 fully saturated rings. The lowest BCUT2D eigenvalue weighted by Crippen LogP contribution is -2.06. The molecule has 0 spiro atoms. The fourth-order valence-electron chi connectivity index (χ4n) is 1.60. The summed E-state index contributed by atoms with van der Waals surface area (Å²) in [5.41, 5.74) is 6.11. The van der Waals surface area contributed by atoms with E-state index in [1.54, 1.807) is 12.1 Å². The number of hydrogen-bond acceptors (Lipinski definition) is 5. The minimum absolute atomic E-state index is 0.00639. The molecule has 76 valence electrons. The van der Waals surface area contributed by atoms with Crippen molar-refractivity contribution in [1.29, 1.82) is 0 Å². The number of nitrogen functional groups attached to an aromatic ring is 1. The SMILES string of the molecule is Nc1ccc(C2CCS(=O)(=O)C2)nn1. The third-order valence-electron chi connectivity index (χ3n) is 2.36. The highest BCUT2D eigenvalue weighted by atomic mass is 32.2. The summed E-state index contributed by atoms with van der Waals surface area (Å²) in [5, 5.41) is 7.59. The van der Waals surface area contributed by atoms with Gasteiger partial charge in [-0.3, -0.25) is 0 Å². The fraction of sp³-hybridized carbons (Fsp3) is 0.500. The van der Waals surface area contributed by atoms with E-state index in [2.05, 4.69) is 10.2 Å². The topological polar surface area (TPSA) is 85.9 Å². The van der Waals surface area contributed by atoms with Crippen LogP contribution in [-0.4, -0.2) is 30.1 Å². The molecule has 14 heavy (non-hydrogen) atoms. The molecule has 1 aromatic rings. The molecule has 0 saturated carbocycles. The number of aromatic nitrogens is 2. The van der Waals surface area contributed by atoms with E-state index in [9.17, 15) is 8.42 Å². The Morgan fingerprint density at radius 2 is 2.14 bits per heavy atom. The van der Waals surface area contributed by atoms with Crippen LogP contribution in [0.1, 0.15) is 18.0 Å². The summed E-state index contributed by atoms with van der Waals surface area (Å²) in [6.45, 7) is 0. The number of nitrogens with zero attached hydrogens (tertiary/aromatic N) is 2. The van der Waals surface area contributed by atoms with Gasteiger partial charge in [-0.25, -0.2) is 8.42 Å². The molecule has 0 amide bonds. The van der Waals surface area contributed by atoms with Gasteiger partial charge in [0.05, 0.1) is 17.2 Å². The monoisotopic (exact) mass is 213 g/mol. The van der Waals surface area contributed by atoms with Crippen LogP contribution in [0.3, 0.4) is 0 Å². The molecule has 1 aliphatic heterocycles. The first-order valence-corrected chi connectivity index (χ1v) is 6.18. The van der Waals surface area contributed by atoms with Crippen LogP contribution in [0.5, 0.6) is 0 Å². The molecule has 1 aliphatic rings. The van der Waals surface area contributed by atoms with Crippen molar-refractivity contribution in [1.82, 2.24) is 10.2 Å². The van der Waals surface area contributed by atoms with Crippen LogP contribution in [0.15, 0.2) is 12.1 Å². The predicted octanol–water partition coefficient (Wildman–Crippen LogP) is -0.0391. The van der Waals surface area contributed by atoms with Crippen LogP contribution >= 0.6 is 0 Å². The smallest absolute Gasteiger partial charge is 0.151 e. The highest BCUT2D eigenvalue weighted by Gasteiger charge is 2.29. The largest absolute Gasteiger partial charge is 0.382 e. The molecule has 1 saturated heterocycles. The Bertz CT molecular complexity index is 426. The normalized spacial score (nSPS) is 25.0. The first-order chi connectivity index (χ1) is 6.57. The molecule has 6 heteroatoms. The maximum atomic E-state index is 11.2. The summed E-state index contributed by atoms with van der Waals surface area (Å²) in [7, 11) is -2.85. The average molecular weight is 213 g/mol. The fourth-order valence-corrected chi connectivity index (χ4v) is 3.36. The van der Waals surface area contributed by atoms with Crippen LogP contribution < -0.4 is 5.73 Å². The summed E-state index contributed by atoms with van der Waals surface area (Å²) in [6, 6.07) is 3.39. The molecule has 0 aromatic carbocycles. The number of nitrogens with two attached hydrogens (primary N) is 1. The Morgan fingerprint density at radius 1 is 1.36 bits per heavy atom. The van der Waals surface area contributed by atoms with E-state index in [1.165, 1.54) is 0 Å². The molecule has 2 N–H and O–H groups in total. The molecule has 1 aromatic heterocycles. The van der Waals surface area contributed by atoms with Crippen LogP contribution in [0.2, 0.25) is 0 Å². The highest BCUT2D eigenvalue weighted by Crippen LogP contribution is 2.26. The molecule has 1 unspecified atom stereocenters. The molecule has 0 bridgehead atoms. The second-order valence-corrected chi connectivity index (χ2v) is 5.71. The van der Waals surface area contributed by atoms with Crippen LogP contribution in [-0.2, 0) is 9.84 Å². The van der Waals surface area contributed by atoms with Gasteiger partial charge >= 0.3 is 0 Å². The van der Waals surface area contributed by atoms with E-state index in [4.69, 9.17) is 5.73 Å². The summed E-state index contributed by atoms with van der Waals surface area (Å²) in [5.74, 6) is 0.790. The van der Waals surface area contributed by atoms with Crippen LogP contribution in [0.25, 0.3) is 0 Å². The van der Waals surface area contributed by atoms with Gasteiger partial charge in [-0.05, 0) is 18.6 Å². The summed E-state index contributed by atoms with van der Waals surface area (Å²) in [6.07, 6.45) is 0.640. The Morgan fingerprint density at radius 3 is 2.64 bits per heavy atom. The lowest BCUT2D eigenvalue weighted by atomic mass is 10.1. The van der Waals surface area contributed by atoms with Gasteiger partial charge in [-0.1, -0.05) is 0 Å². The van der Waals surface area contributed by atoms with Gasteiger partial charge in [0.1, 0.15) is 5.82 Å². The molecule has 0 radical (unpaired) electrons. The predicted molar refractivity (Wildman–Crippen MR) is 52.5 cm³/mol. The van der Waals surface area contributed by atoms with E-state index < -0.39 is 9.84 Å². The number of rotatable bonds is 1. The quantitative estimate of drug-likeness (QED) is 0.707. The van der Waals surface area contributed by atoms with Crippen LogP contribution in [0, 0.1) is 0 Å². The van der Waals surface area contributed by atoms with Crippen molar-refractivity contribution in [3.05, 3.63) is 17.8 Å². The average Bonchev–Trinajstić information content (AvgIpc) is 2.47. The second kappa shape index (κ2) is 3.20. The van der Waals surface area contributed by atoms with Crippen molar-refractivity contribution in [2.75, 3.05) is 17.2 Å². The van der Waals surface area contributed by atoms with Gasteiger partial charge in [0.15, 0.2) is 9.84 Å². The molecule has 5 nitrogen and oxygen atoms in total. The number of sulfone groups is 1. The Balaban J connectivity index is 2.22. The van der Waals surface area contributed by atoms with Gasteiger partial charge < -0.3 is 5.73 Å². The Kier molecular flexibility index (Phi) is 2.14. The zero-order chi connectivity index (χ0) is 10.2. The number of anilines is 1. The second-order valence-electron chi connectivity index (χ2n) is 3.48. The van der Waals surface area contributed by atoms with Crippen molar-refractivity contribution < 1.29 is 8.42 Å². The van der Waals surface area contributed by atoms with Gasteiger partial charge in [0.25, 0.3) is 0 Å². The van der Waals surface area contributed by atoms with Crippen molar-refractivity contribution in [3.8, 4) is 0 Å². The molecular formula is C8H11N3O2S. The zero-order valence-electron chi connectivity index (χ0n) is 7.55. The number of hydrogen-bond donors (Lipinski definition) is 1. The molecule has 2 rings (SSSR count). The van der Waals surface area contributed by atoms with Gasteiger partial charge in [-0.2, -0.15) is 5.10 Å². The van der Waals surface area contributed by atoms with E-state index >= 15 is 0 Å². The Labute approximate surface area is 82.3 Å². The van der Waals surface area contributed by atoms with E-state index in [0.29, 0.717) is 12.2 Å². The first-order valence-electron chi connectivity index (χ1n) is 4.36.